The van der Waals surface area contributed by atoms with Crippen LogP contribution in [0.1, 0.15) is 45.1 Å². The fourth-order valence-electron chi connectivity index (χ4n) is 3.62. The highest BCUT2D eigenvalue weighted by atomic mass is 15.1. The maximum Gasteiger partial charge on any atom is 0.0366 e. The molecule has 1 aliphatic rings. The van der Waals surface area contributed by atoms with E-state index in [1.807, 2.05) is 0 Å². The van der Waals surface area contributed by atoms with Gasteiger partial charge in [0.15, 0.2) is 0 Å². The van der Waals surface area contributed by atoms with E-state index < -0.39 is 0 Å². The predicted octanol–water partition coefficient (Wildman–Crippen LogP) is 4.24. The lowest BCUT2D eigenvalue weighted by Crippen LogP contribution is -2.45. The van der Waals surface area contributed by atoms with Gasteiger partial charge in [-0.3, -0.25) is 0 Å². The first-order valence-corrected chi connectivity index (χ1v) is 8.61. The third-order valence-electron chi connectivity index (χ3n) is 4.85. The molecule has 1 N–H and O–H groups in total. The van der Waals surface area contributed by atoms with E-state index in [1.165, 1.54) is 36.9 Å². The number of nitrogens with zero attached hydrogens (tertiary/aromatic N) is 1. The van der Waals surface area contributed by atoms with Gasteiger partial charge in [0.25, 0.3) is 0 Å². The van der Waals surface area contributed by atoms with E-state index in [2.05, 4.69) is 62.3 Å². The van der Waals surface area contributed by atoms with E-state index in [-0.39, 0.29) is 0 Å². The summed E-state index contributed by atoms with van der Waals surface area (Å²) >= 11 is 0. The number of hydrogen-bond acceptors (Lipinski definition) is 2. The minimum absolute atomic E-state index is 0.702. The number of anilines is 1. The van der Waals surface area contributed by atoms with Crippen molar-refractivity contribution in [3.8, 4) is 0 Å². The van der Waals surface area contributed by atoms with E-state index in [4.69, 9.17) is 0 Å². The SMILES string of the molecule is CCCNC1CCC(C)CC1CN(C)c1cccc(C)c1. The molecule has 1 fully saturated rings. The average molecular weight is 288 g/mol. The third-order valence-corrected chi connectivity index (χ3v) is 4.85. The molecule has 1 saturated carbocycles. The highest BCUT2D eigenvalue weighted by Gasteiger charge is 2.29. The van der Waals surface area contributed by atoms with Crippen molar-refractivity contribution >= 4 is 5.69 Å². The Morgan fingerprint density at radius 3 is 2.81 bits per heavy atom. The Labute approximate surface area is 130 Å². The summed E-state index contributed by atoms with van der Waals surface area (Å²) < 4.78 is 0. The first-order valence-electron chi connectivity index (χ1n) is 8.61. The zero-order valence-electron chi connectivity index (χ0n) is 14.2. The fraction of sp³-hybridized carbons (Fsp3) is 0.684. The van der Waals surface area contributed by atoms with E-state index in [9.17, 15) is 0 Å². The molecule has 0 spiro atoms. The van der Waals surface area contributed by atoms with Gasteiger partial charge in [0.1, 0.15) is 0 Å². The molecule has 1 aromatic rings. The Kier molecular flexibility index (Phi) is 6.10. The second-order valence-electron chi connectivity index (χ2n) is 6.96. The lowest BCUT2D eigenvalue weighted by atomic mass is 9.78. The van der Waals surface area contributed by atoms with Crippen LogP contribution in [0.2, 0.25) is 0 Å². The standard InChI is InChI=1S/C19H32N2/c1-5-11-20-19-10-9-16(3)12-17(19)14-21(4)18-8-6-7-15(2)13-18/h6-8,13,16-17,19-20H,5,9-12,14H2,1-4H3. The smallest absolute Gasteiger partial charge is 0.0366 e. The molecule has 2 heteroatoms. The summed E-state index contributed by atoms with van der Waals surface area (Å²) in [5, 5.41) is 3.78. The zero-order chi connectivity index (χ0) is 15.2. The Bertz CT molecular complexity index is 427. The summed E-state index contributed by atoms with van der Waals surface area (Å²) in [6.07, 6.45) is 5.31. The van der Waals surface area contributed by atoms with Crippen LogP contribution >= 0.6 is 0 Å². The minimum atomic E-state index is 0.702. The van der Waals surface area contributed by atoms with Gasteiger partial charge in [-0.2, -0.15) is 0 Å². The molecule has 0 aromatic heterocycles. The molecule has 1 aromatic carbocycles. The summed E-state index contributed by atoms with van der Waals surface area (Å²) in [4.78, 5) is 2.44. The molecular weight excluding hydrogens is 256 g/mol. The first kappa shape index (κ1) is 16.4. The average Bonchev–Trinajstić information content (AvgIpc) is 2.46. The van der Waals surface area contributed by atoms with Gasteiger partial charge in [-0.25, -0.2) is 0 Å². The summed E-state index contributed by atoms with van der Waals surface area (Å²) in [7, 11) is 2.24. The van der Waals surface area contributed by atoms with Crippen molar-refractivity contribution in [2.24, 2.45) is 11.8 Å². The highest BCUT2D eigenvalue weighted by Crippen LogP contribution is 2.30. The minimum Gasteiger partial charge on any atom is -0.374 e. The van der Waals surface area contributed by atoms with Crippen molar-refractivity contribution in [1.82, 2.24) is 5.32 Å². The topological polar surface area (TPSA) is 15.3 Å². The monoisotopic (exact) mass is 288 g/mol. The lowest BCUT2D eigenvalue weighted by Gasteiger charge is -2.38. The molecular formula is C19H32N2. The molecule has 0 radical (unpaired) electrons. The van der Waals surface area contributed by atoms with E-state index >= 15 is 0 Å². The number of nitrogens with one attached hydrogen (secondary N) is 1. The van der Waals surface area contributed by atoms with Crippen LogP contribution in [0.15, 0.2) is 24.3 Å². The molecule has 3 unspecified atom stereocenters. The normalized spacial score (nSPS) is 25.8. The van der Waals surface area contributed by atoms with Crippen LogP contribution in [0.3, 0.4) is 0 Å². The molecule has 2 rings (SSSR count). The van der Waals surface area contributed by atoms with E-state index in [0.717, 1.165) is 24.9 Å². The maximum atomic E-state index is 3.78. The van der Waals surface area contributed by atoms with Crippen LogP contribution in [-0.2, 0) is 0 Å². The van der Waals surface area contributed by atoms with Crippen molar-refractivity contribution in [2.45, 2.75) is 52.5 Å². The number of benzene rings is 1. The molecule has 1 aliphatic carbocycles. The Balaban J connectivity index is 1.99. The second-order valence-corrected chi connectivity index (χ2v) is 6.96. The first-order chi connectivity index (χ1) is 10.1. The summed E-state index contributed by atoms with van der Waals surface area (Å²) in [5.74, 6) is 1.64. The van der Waals surface area contributed by atoms with Crippen LogP contribution in [0.5, 0.6) is 0 Å². The maximum absolute atomic E-state index is 3.78. The number of hydrogen-bond donors (Lipinski definition) is 1. The van der Waals surface area contributed by atoms with Gasteiger partial charge in [-0.1, -0.05) is 26.0 Å². The van der Waals surface area contributed by atoms with E-state index in [1.54, 1.807) is 0 Å². The zero-order valence-corrected chi connectivity index (χ0v) is 14.2. The van der Waals surface area contributed by atoms with Crippen LogP contribution < -0.4 is 10.2 Å². The molecule has 2 nitrogen and oxygen atoms in total. The van der Waals surface area contributed by atoms with Gasteiger partial charge in [0.2, 0.25) is 0 Å². The fourth-order valence-corrected chi connectivity index (χ4v) is 3.62. The predicted molar refractivity (Wildman–Crippen MR) is 93.0 cm³/mol. The van der Waals surface area contributed by atoms with Gasteiger partial charge in [-0.15, -0.1) is 0 Å². The van der Waals surface area contributed by atoms with Crippen LogP contribution in [0.25, 0.3) is 0 Å². The Morgan fingerprint density at radius 2 is 2.10 bits per heavy atom. The quantitative estimate of drug-likeness (QED) is 0.842. The summed E-state index contributed by atoms with van der Waals surface area (Å²) in [5.41, 5.74) is 2.69. The van der Waals surface area contributed by atoms with Crippen molar-refractivity contribution in [3.05, 3.63) is 29.8 Å². The van der Waals surface area contributed by atoms with Gasteiger partial charge in [-0.05, 0) is 68.7 Å². The van der Waals surface area contributed by atoms with Crippen LogP contribution in [0.4, 0.5) is 5.69 Å². The van der Waals surface area contributed by atoms with Gasteiger partial charge >= 0.3 is 0 Å². The molecule has 0 heterocycles. The van der Waals surface area contributed by atoms with Crippen molar-refractivity contribution in [1.29, 1.82) is 0 Å². The Hall–Kier alpha value is -1.02. The number of aryl methyl sites for hydroxylation is 1. The summed E-state index contributed by atoms with van der Waals surface area (Å²) in [6, 6.07) is 9.56. The van der Waals surface area contributed by atoms with Crippen molar-refractivity contribution in [3.63, 3.8) is 0 Å². The molecule has 3 atom stereocenters. The molecule has 0 amide bonds. The largest absolute Gasteiger partial charge is 0.374 e. The molecule has 0 aliphatic heterocycles. The van der Waals surface area contributed by atoms with Crippen LogP contribution in [-0.4, -0.2) is 26.2 Å². The van der Waals surface area contributed by atoms with Crippen LogP contribution in [0, 0.1) is 18.8 Å². The van der Waals surface area contributed by atoms with Gasteiger partial charge < -0.3 is 10.2 Å². The molecule has 118 valence electrons. The van der Waals surface area contributed by atoms with Crippen molar-refractivity contribution < 1.29 is 0 Å². The number of rotatable bonds is 6. The van der Waals surface area contributed by atoms with E-state index in [0.29, 0.717) is 6.04 Å². The molecule has 0 bridgehead atoms. The van der Waals surface area contributed by atoms with Gasteiger partial charge in [0.05, 0.1) is 0 Å². The Morgan fingerprint density at radius 1 is 1.29 bits per heavy atom. The lowest BCUT2D eigenvalue weighted by molar-refractivity contribution is 0.217. The summed E-state index contributed by atoms with van der Waals surface area (Å²) in [6.45, 7) is 9.16. The van der Waals surface area contributed by atoms with Crippen molar-refractivity contribution in [2.75, 3.05) is 25.0 Å². The highest BCUT2D eigenvalue weighted by molar-refractivity contribution is 5.47. The van der Waals surface area contributed by atoms with Gasteiger partial charge in [0, 0.05) is 25.3 Å². The molecule has 21 heavy (non-hydrogen) atoms. The third kappa shape index (κ3) is 4.74. The second kappa shape index (κ2) is 7.84. The molecule has 0 saturated heterocycles.